The van der Waals surface area contributed by atoms with Crippen LogP contribution in [0.15, 0.2) is 48.5 Å². The van der Waals surface area contributed by atoms with Crippen LogP contribution in [0.5, 0.6) is 0 Å². The lowest BCUT2D eigenvalue weighted by atomic mass is 10.1. The molecule has 0 aromatic heterocycles. The van der Waals surface area contributed by atoms with Crippen LogP contribution in [0.1, 0.15) is 34.3 Å². The zero-order valence-corrected chi connectivity index (χ0v) is 15.4. The number of benzene rings is 2. The molecule has 5 nitrogen and oxygen atoms in total. The first kappa shape index (κ1) is 18.1. The summed E-state index contributed by atoms with van der Waals surface area (Å²) in [6.07, 6.45) is 1.39. The molecule has 1 fully saturated rings. The summed E-state index contributed by atoms with van der Waals surface area (Å²) >= 11 is 0. The third-order valence-electron chi connectivity index (χ3n) is 4.56. The van der Waals surface area contributed by atoms with Crippen LogP contribution in [-0.2, 0) is 17.9 Å². The van der Waals surface area contributed by atoms with Gasteiger partial charge in [-0.3, -0.25) is 9.59 Å². The first-order valence-corrected chi connectivity index (χ1v) is 8.95. The van der Waals surface area contributed by atoms with E-state index in [1.165, 1.54) is 5.56 Å². The summed E-state index contributed by atoms with van der Waals surface area (Å²) in [6, 6.07) is 15.4. The molecule has 0 bridgehead atoms. The van der Waals surface area contributed by atoms with Gasteiger partial charge in [-0.15, -0.1) is 0 Å². The minimum Gasteiger partial charge on any atom is -0.348 e. The van der Waals surface area contributed by atoms with Crippen molar-refractivity contribution in [3.8, 4) is 0 Å². The summed E-state index contributed by atoms with van der Waals surface area (Å²) in [6.45, 7) is 1.96. The fourth-order valence-electron chi connectivity index (χ4n) is 3.30. The van der Waals surface area contributed by atoms with Crippen LogP contribution in [0, 0.1) is 0 Å². The Bertz CT molecular complexity index is 801. The summed E-state index contributed by atoms with van der Waals surface area (Å²) in [5, 5.41) is 3.01. The van der Waals surface area contributed by atoms with Gasteiger partial charge in [-0.1, -0.05) is 36.4 Å². The van der Waals surface area contributed by atoms with Gasteiger partial charge in [-0.25, -0.2) is 0 Å². The van der Waals surface area contributed by atoms with Crippen LogP contribution >= 0.6 is 0 Å². The van der Waals surface area contributed by atoms with Gasteiger partial charge in [0.05, 0.1) is 11.3 Å². The van der Waals surface area contributed by atoms with Gasteiger partial charge in [0, 0.05) is 26.1 Å². The summed E-state index contributed by atoms with van der Waals surface area (Å²) < 4.78 is 0. The molecule has 0 saturated carbocycles. The van der Waals surface area contributed by atoms with E-state index < -0.39 is 0 Å². The second-order valence-corrected chi connectivity index (χ2v) is 6.86. The van der Waals surface area contributed by atoms with Crippen LogP contribution in [0.2, 0.25) is 0 Å². The Balaban J connectivity index is 1.75. The average molecular weight is 351 g/mol. The maximum atomic E-state index is 12.8. The van der Waals surface area contributed by atoms with Crippen molar-refractivity contribution in [1.82, 2.24) is 10.2 Å². The standard InChI is InChI=1S/C21H25N3O2/c1-23(2)15-17-9-4-3-8-16(17)14-22-21(26)18-10-5-6-11-19(18)24-13-7-12-20(24)25/h3-6,8-11H,7,12-15H2,1-2H3,(H,22,26). The Morgan fingerprint density at radius 3 is 2.46 bits per heavy atom. The molecule has 5 heteroatoms. The van der Waals surface area contributed by atoms with Crippen LogP contribution < -0.4 is 10.2 Å². The molecule has 3 rings (SSSR count). The number of carbonyl (C=O) groups excluding carboxylic acids is 2. The van der Waals surface area contributed by atoms with Crippen LogP contribution in [0.4, 0.5) is 5.69 Å². The molecule has 1 aliphatic heterocycles. The highest BCUT2D eigenvalue weighted by molar-refractivity contribution is 6.05. The smallest absolute Gasteiger partial charge is 0.253 e. The minimum absolute atomic E-state index is 0.0848. The molecule has 1 N–H and O–H groups in total. The lowest BCUT2D eigenvalue weighted by Crippen LogP contribution is -2.29. The fraction of sp³-hybridized carbons (Fsp3) is 0.333. The summed E-state index contributed by atoms with van der Waals surface area (Å²) in [5.41, 5.74) is 3.55. The number of hydrogen-bond donors (Lipinski definition) is 1. The van der Waals surface area contributed by atoms with E-state index in [9.17, 15) is 9.59 Å². The van der Waals surface area contributed by atoms with Gasteiger partial charge in [-0.2, -0.15) is 0 Å². The van der Waals surface area contributed by atoms with Crippen LogP contribution in [0.25, 0.3) is 0 Å². The number of nitrogens with zero attached hydrogens (tertiary/aromatic N) is 2. The molecule has 26 heavy (non-hydrogen) atoms. The van der Waals surface area contributed by atoms with Crippen molar-refractivity contribution < 1.29 is 9.59 Å². The fourth-order valence-corrected chi connectivity index (χ4v) is 3.30. The predicted octanol–water partition coefficient (Wildman–Crippen LogP) is 2.81. The molecule has 0 spiro atoms. The topological polar surface area (TPSA) is 52.7 Å². The van der Waals surface area contributed by atoms with E-state index in [-0.39, 0.29) is 11.8 Å². The zero-order valence-electron chi connectivity index (χ0n) is 15.4. The van der Waals surface area contributed by atoms with Gasteiger partial charge in [0.1, 0.15) is 0 Å². The van der Waals surface area contributed by atoms with E-state index in [0.717, 1.165) is 18.5 Å². The number of rotatable bonds is 6. The average Bonchev–Trinajstić information content (AvgIpc) is 3.06. The monoisotopic (exact) mass is 351 g/mol. The lowest BCUT2D eigenvalue weighted by Gasteiger charge is -2.19. The molecule has 1 saturated heterocycles. The number of amides is 2. The van der Waals surface area contributed by atoms with Crippen molar-refractivity contribution in [1.29, 1.82) is 0 Å². The molecule has 2 amide bonds. The van der Waals surface area contributed by atoms with Crippen molar-refractivity contribution in [3.05, 3.63) is 65.2 Å². The van der Waals surface area contributed by atoms with E-state index >= 15 is 0 Å². The van der Waals surface area contributed by atoms with Crippen LogP contribution in [0.3, 0.4) is 0 Å². The zero-order chi connectivity index (χ0) is 18.5. The highest BCUT2D eigenvalue weighted by atomic mass is 16.2. The maximum Gasteiger partial charge on any atom is 0.253 e. The lowest BCUT2D eigenvalue weighted by molar-refractivity contribution is -0.117. The number of carbonyl (C=O) groups is 2. The second-order valence-electron chi connectivity index (χ2n) is 6.86. The van der Waals surface area contributed by atoms with E-state index in [2.05, 4.69) is 16.3 Å². The van der Waals surface area contributed by atoms with Gasteiger partial charge in [0.25, 0.3) is 5.91 Å². The Kier molecular flexibility index (Phi) is 5.68. The van der Waals surface area contributed by atoms with Crippen molar-refractivity contribution in [3.63, 3.8) is 0 Å². The number of para-hydroxylation sites is 1. The minimum atomic E-state index is -0.153. The van der Waals surface area contributed by atoms with Gasteiger partial charge >= 0.3 is 0 Å². The van der Waals surface area contributed by atoms with Gasteiger partial charge in [-0.05, 0) is 43.8 Å². The first-order chi connectivity index (χ1) is 12.6. The Labute approximate surface area is 154 Å². The number of hydrogen-bond acceptors (Lipinski definition) is 3. The third kappa shape index (κ3) is 4.11. The van der Waals surface area contributed by atoms with E-state index in [4.69, 9.17) is 0 Å². The summed E-state index contributed by atoms with van der Waals surface area (Å²) in [5.74, 6) is -0.0680. The first-order valence-electron chi connectivity index (χ1n) is 8.95. The predicted molar refractivity (Wildman–Crippen MR) is 103 cm³/mol. The summed E-state index contributed by atoms with van der Waals surface area (Å²) in [4.78, 5) is 28.7. The molecule has 0 atom stereocenters. The van der Waals surface area contributed by atoms with Crippen molar-refractivity contribution in [2.45, 2.75) is 25.9 Å². The maximum absolute atomic E-state index is 12.8. The van der Waals surface area contributed by atoms with Crippen molar-refractivity contribution in [2.75, 3.05) is 25.5 Å². The van der Waals surface area contributed by atoms with Gasteiger partial charge in [0.15, 0.2) is 0 Å². The van der Waals surface area contributed by atoms with E-state index in [0.29, 0.717) is 30.8 Å². The molecule has 0 aliphatic carbocycles. The van der Waals surface area contributed by atoms with Gasteiger partial charge < -0.3 is 15.1 Å². The molecule has 1 heterocycles. The Morgan fingerprint density at radius 1 is 1.08 bits per heavy atom. The third-order valence-corrected chi connectivity index (χ3v) is 4.56. The highest BCUT2D eigenvalue weighted by Crippen LogP contribution is 2.25. The van der Waals surface area contributed by atoms with Crippen molar-refractivity contribution >= 4 is 17.5 Å². The summed E-state index contributed by atoms with van der Waals surface area (Å²) in [7, 11) is 4.05. The molecule has 136 valence electrons. The molecular weight excluding hydrogens is 326 g/mol. The van der Waals surface area contributed by atoms with E-state index in [1.807, 2.05) is 50.5 Å². The molecule has 0 radical (unpaired) electrons. The molecule has 2 aromatic rings. The molecule has 0 unspecified atom stereocenters. The van der Waals surface area contributed by atoms with Crippen LogP contribution in [-0.4, -0.2) is 37.4 Å². The quantitative estimate of drug-likeness (QED) is 0.871. The van der Waals surface area contributed by atoms with Gasteiger partial charge in [0.2, 0.25) is 5.91 Å². The highest BCUT2D eigenvalue weighted by Gasteiger charge is 2.25. The molecule has 1 aliphatic rings. The number of anilines is 1. The Morgan fingerprint density at radius 2 is 1.77 bits per heavy atom. The SMILES string of the molecule is CN(C)Cc1ccccc1CNC(=O)c1ccccc1N1CCCC1=O. The van der Waals surface area contributed by atoms with E-state index in [1.54, 1.807) is 11.0 Å². The van der Waals surface area contributed by atoms with Crippen molar-refractivity contribution in [2.24, 2.45) is 0 Å². The largest absolute Gasteiger partial charge is 0.348 e. The second kappa shape index (κ2) is 8.15. The normalized spacial score (nSPS) is 14.1. The molecular formula is C21H25N3O2. The molecule has 2 aromatic carbocycles. The number of nitrogens with one attached hydrogen (secondary N) is 1. The Hall–Kier alpha value is -2.66.